The van der Waals surface area contributed by atoms with Gasteiger partial charge in [-0.2, -0.15) is 0 Å². The highest BCUT2D eigenvalue weighted by atomic mass is 15.1. The Hall–Kier alpha value is -0.460. The second-order valence-electron chi connectivity index (χ2n) is 2.95. The first-order valence-electron chi connectivity index (χ1n) is 4.26. The van der Waals surface area contributed by atoms with E-state index in [9.17, 15) is 0 Å². The summed E-state index contributed by atoms with van der Waals surface area (Å²) in [5.74, 6) is 0. The maximum Gasteiger partial charge on any atom is 0.0175 e. The van der Waals surface area contributed by atoms with Gasteiger partial charge >= 0.3 is 0 Å². The lowest BCUT2D eigenvalue weighted by Crippen LogP contribution is -2.16. The Morgan fingerprint density at radius 3 is 2.50 bits per heavy atom. The molecule has 0 spiro atoms. The molecule has 0 bridgehead atoms. The van der Waals surface area contributed by atoms with Gasteiger partial charge in [0, 0.05) is 18.8 Å². The minimum Gasteiger partial charge on any atom is -0.375 e. The SMILES string of the molecule is CC/C=C(\C)N1CCCC1. The van der Waals surface area contributed by atoms with Crippen LogP contribution in [0.15, 0.2) is 11.8 Å². The number of rotatable bonds is 2. The van der Waals surface area contributed by atoms with Crippen LogP contribution in [0, 0.1) is 0 Å². The van der Waals surface area contributed by atoms with E-state index in [0.717, 1.165) is 0 Å². The summed E-state index contributed by atoms with van der Waals surface area (Å²) in [6.07, 6.45) is 6.25. The van der Waals surface area contributed by atoms with E-state index in [0.29, 0.717) is 0 Å². The van der Waals surface area contributed by atoms with Crippen molar-refractivity contribution in [2.24, 2.45) is 0 Å². The van der Waals surface area contributed by atoms with Crippen LogP contribution in [0.25, 0.3) is 0 Å². The average Bonchev–Trinajstić information content (AvgIpc) is 2.38. The molecule has 1 aliphatic heterocycles. The number of hydrogen-bond acceptors (Lipinski definition) is 1. The molecule has 1 saturated heterocycles. The summed E-state index contributed by atoms with van der Waals surface area (Å²) in [7, 11) is 0. The second kappa shape index (κ2) is 3.65. The maximum absolute atomic E-state index is 2.48. The third-order valence-electron chi connectivity index (χ3n) is 2.10. The molecular formula is C9H17N. The smallest absolute Gasteiger partial charge is 0.0175 e. The summed E-state index contributed by atoms with van der Waals surface area (Å²) < 4.78 is 0. The molecule has 1 aliphatic rings. The minimum atomic E-state index is 1.17. The summed E-state index contributed by atoms with van der Waals surface area (Å²) >= 11 is 0. The van der Waals surface area contributed by atoms with Crippen molar-refractivity contribution in [3.05, 3.63) is 11.8 Å². The first-order chi connectivity index (χ1) is 4.84. The van der Waals surface area contributed by atoms with Gasteiger partial charge in [-0.3, -0.25) is 0 Å². The fourth-order valence-electron chi connectivity index (χ4n) is 1.49. The number of hydrogen-bond donors (Lipinski definition) is 0. The Balaban J connectivity index is 2.39. The van der Waals surface area contributed by atoms with Gasteiger partial charge in [0.2, 0.25) is 0 Å². The monoisotopic (exact) mass is 139 g/mol. The lowest BCUT2D eigenvalue weighted by atomic mass is 10.3. The summed E-state index contributed by atoms with van der Waals surface area (Å²) in [4.78, 5) is 2.48. The molecule has 0 aliphatic carbocycles. The van der Waals surface area contributed by atoms with Crippen LogP contribution in [-0.4, -0.2) is 18.0 Å². The second-order valence-corrected chi connectivity index (χ2v) is 2.95. The average molecular weight is 139 g/mol. The van der Waals surface area contributed by atoms with Crippen LogP contribution in [0.4, 0.5) is 0 Å². The standard InChI is InChI=1S/C9H17N/c1-3-6-9(2)10-7-4-5-8-10/h6H,3-5,7-8H2,1-2H3/b9-6+. The Morgan fingerprint density at radius 2 is 2.00 bits per heavy atom. The molecule has 1 fully saturated rings. The lowest BCUT2D eigenvalue weighted by Gasteiger charge is -2.17. The van der Waals surface area contributed by atoms with Crippen LogP contribution in [-0.2, 0) is 0 Å². The van der Waals surface area contributed by atoms with E-state index in [1.54, 1.807) is 0 Å². The molecule has 0 aromatic carbocycles. The fourth-order valence-corrected chi connectivity index (χ4v) is 1.49. The summed E-state index contributed by atoms with van der Waals surface area (Å²) in [6.45, 7) is 6.97. The quantitative estimate of drug-likeness (QED) is 0.568. The van der Waals surface area contributed by atoms with Crippen molar-refractivity contribution in [1.82, 2.24) is 4.90 Å². The molecular weight excluding hydrogens is 122 g/mol. The molecule has 1 rings (SSSR count). The largest absolute Gasteiger partial charge is 0.375 e. The van der Waals surface area contributed by atoms with E-state index in [1.807, 2.05) is 0 Å². The summed E-state index contributed by atoms with van der Waals surface area (Å²) in [5.41, 5.74) is 1.47. The van der Waals surface area contributed by atoms with Gasteiger partial charge in [0.15, 0.2) is 0 Å². The van der Waals surface area contributed by atoms with Crippen molar-refractivity contribution in [2.45, 2.75) is 33.1 Å². The summed E-state index contributed by atoms with van der Waals surface area (Å²) in [6, 6.07) is 0. The van der Waals surface area contributed by atoms with Gasteiger partial charge in [-0.15, -0.1) is 0 Å². The van der Waals surface area contributed by atoms with Crippen LogP contribution < -0.4 is 0 Å². The molecule has 0 radical (unpaired) electrons. The molecule has 1 nitrogen and oxygen atoms in total. The molecule has 0 aromatic heterocycles. The highest BCUT2D eigenvalue weighted by molar-refractivity contribution is 4.98. The topological polar surface area (TPSA) is 3.24 Å². The van der Waals surface area contributed by atoms with E-state index < -0.39 is 0 Å². The molecule has 0 N–H and O–H groups in total. The van der Waals surface area contributed by atoms with Crippen molar-refractivity contribution < 1.29 is 0 Å². The minimum absolute atomic E-state index is 1.17. The molecule has 0 unspecified atom stereocenters. The van der Waals surface area contributed by atoms with Crippen molar-refractivity contribution in [3.8, 4) is 0 Å². The maximum atomic E-state index is 2.48. The van der Waals surface area contributed by atoms with Crippen molar-refractivity contribution in [2.75, 3.05) is 13.1 Å². The zero-order valence-corrected chi connectivity index (χ0v) is 7.06. The Morgan fingerprint density at radius 1 is 1.40 bits per heavy atom. The molecule has 0 amide bonds. The van der Waals surface area contributed by atoms with E-state index in [2.05, 4.69) is 24.8 Å². The third kappa shape index (κ3) is 1.76. The van der Waals surface area contributed by atoms with Crippen LogP contribution in [0.5, 0.6) is 0 Å². The van der Waals surface area contributed by atoms with E-state index in [1.165, 1.54) is 38.0 Å². The Bertz CT molecular complexity index is 121. The van der Waals surface area contributed by atoms with Gasteiger partial charge in [0.25, 0.3) is 0 Å². The molecule has 0 saturated carbocycles. The van der Waals surface area contributed by atoms with Crippen molar-refractivity contribution in [3.63, 3.8) is 0 Å². The Labute approximate surface area is 63.7 Å². The number of nitrogens with zero attached hydrogens (tertiary/aromatic N) is 1. The van der Waals surface area contributed by atoms with Crippen LogP contribution >= 0.6 is 0 Å². The normalized spacial score (nSPS) is 20.2. The predicted octanol–water partition coefficient (Wildman–Crippen LogP) is 2.40. The molecule has 0 aromatic rings. The number of allylic oxidation sites excluding steroid dienone is 2. The van der Waals surface area contributed by atoms with Gasteiger partial charge < -0.3 is 4.90 Å². The highest BCUT2D eigenvalue weighted by Crippen LogP contribution is 2.13. The number of likely N-dealkylation sites (tertiary alicyclic amines) is 1. The molecule has 58 valence electrons. The summed E-state index contributed by atoms with van der Waals surface area (Å²) in [5, 5.41) is 0. The fraction of sp³-hybridized carbons (Fsp3) is 0.778. The first-order valence-corrected chi connectivity index (χ1v) is 4.26. The van der Waals surface area contributed by atoms with E-state index in [-0.39, 0.29) is 0 Å². The first kappa shape index (κ1) is 7.64. The lowest BCUT2D eigenvalue weighted by molar-refractivity contribution is 0.426. The van der Waals surface area contributed by atoms with Crippen LogP contribution in [0.2, 0.25) is 0 Å². The van der Waals surface area contributed by atoms with Gasteiger partial charge in [0.1, 0.15) is 0 Å². The van der Waals surface area contributed by atoms with Crippen LogP contribution in [0.1, 0.15) is 33.1 Å². The zero-order chi connectivity index (χ0) is 7.40. The van der Waals surface area contributed by atoms with Crippen LogP contribution in [0.3, 0.4) is 0 Å². The molecule has 0 atom stereocenters. The van der Waals surface area contributed by atoms with Gasteiger partial charge in [0.05, 0.1) is 0 Å². The molecule has 1 heterocycles. The zero-order valence-electron chi connectivity index (χ0n) is 7.06. The highest BCUT2D eigenvalue weighted by Gasteiger charge is 2.10. The van der Waals surface area contributed by atoms with Gasteiger partial charge in [-0.25, -0.2) is 0 Å². The Kier molecular flexibility index (Phi) is 2.79. The van der Waals surface area contributed by atoms with Gasteiger partial charge in [-0.05, 0) is 26.2 Å². The predicted molar refractivity (Wildman–Crippen MR) is 44.9 cm³/mol. The van der Waals surface area contributed by atoms with Crippen molar-refractivity contribution >= 4 is 0 Å². The molecule has 1 heteroatoms. The van der Waals surface area contributed by atoms with Crippen molar-refractivity contribution in [1.29, 1.82) is 0 Å². The van der Waals surface area contributed by atoms with Gasteiger partial charge in [-0.1, -0.05) is 13.0 Å². The van der Waals surface area contributed by atoms with E-state index in [4.69, 9.17) is 0 Å². The third-order valence-corrected chi connectivity index (χ3v) is 2.10. The molecule has 10 heavy (non-hydrogen) atoms. The van der Waals surface area contributed by atoms with E-state index >= 15 is 0 Å².